The van der Waals surface area contributed by atoms with E-state index in [0.717, 1.165) is 41.8 Å². The van der Waals surface area contributed by atoms with Gasteiger partial charge in [-0.2, -0.15) is 5.10 Å². The van der Waals surface area contributed by atoms with Gasteiger partial charge in [0.25, 0.3) is 0 Å². The average Bonchev–Trinajstić information content (AvgIpc) is 3.07. The number of nitrogens with one attached hydrogen (secondary N) is 2. The largest absolute Gasteiger partial charge is 0.349 e. The van der Waals surface area contributed by atoms with Crippen LogP contribution in [-0.2, 0) is 11.3 Å². The number of para-hydroxylation sites is 2. The molecule has 2 N–H and O–H groups in total. The predicted molar refractivity (Wildman–Crippen MR) is 96.0 cm³/mol. The molecule has 0 saturated heterocycles. The lowest BCUT2D eigenvalue weighted by Crippen LogP contribution is -2.28. The van der Waals surface area contributed by atoms with E-state index in [1.165, 1.54) is 0 Å². The monoisotopic (exact) mass is 337 g/mol. The van der Waals surface area contributed by atoms with Crippen LogP contribution in [0.3, 0.4) is 0 Å². The highest BCUT2D eigenvalue weighted by atomic mass is 16.2. The molecular formula is C19H23N5O. The Morgan fingerprint density at radius 1 is 1.44 bits per heavy atom. The Kier molecular flexibility index (Phi) is 4.03. The molecule has 1 fully saturated rings. The van der Waals surface area contributed by atoms with E-state index in [9.17, 15) is 4.79 Å². The number of hydrogen-bond acceptors (Lipinski definition) is 3. The van der Waals surface area contributed by atoms with Crippen molar-refractivity contribution in [2.75, 3.05) is 0 Å². The minimum absolute atomic E-state index is 0.00805. The number of aryl methyl sites for hydroxylation is 1. The Hall–Kier alpha value is -2.63. The van der Waals surface area contributed by atoms with E-state index in [-0.39, 0.29) is 23.8 Å². The van der Waals surface area contributed by atoms with Crippen LogP contribution in [0.15, 0.2) is 36.7 Å². The first-order valence-corrected chi connectivity index (χ1v) is 8.93. The van der Waals surface area contributed by atoms with Crippen LogP contribution < -0.4 is 5.32 Å². The summed E-state index contributed by atoms with van der Waals surface area (Å²) in [5.41, 5.74) is 3.03. The van der Waals surface area contributed by atoms with Gasteiger partial charge in [0.15, 0.2) is 0 Å². The van der Waals surface area contributed by atoms with Crippen molar-refractivity contribution in [1.29, 1.82) is 0 Å². The van der Waals surface area contributed by atoms with Crippen molar-refractivity contribution < 1.29 is 4.79 Å². The molecule has 1 saturated carbocycles. The Labute approximate surface area is 146 Å². The van der Waals surface area contributed by atoms with Gasteiger partial charge in [-0.15, -0.1) is 0 Å². The van der Waals surface area contributed by atoms with Crippen LogP contribution in [0.5, 0.6) is 0 Å². The second kappa shape index (κ2) is 6.35. The predicted octanol–water partition coefficient (Wildman–Crippen LogP) is 3.15. The lowest BCUT2D eigenvalue weighted by molar-refractivity contribution is -0.123. The third-order valence-electron chi connectivity index (χ3n) is 4.85. The number of carbonyl (C=O) groups excluding carboxylic acids is 1. The summed E-state index contributed by atoms with van der Waals surface area (Å²) >= 11 is 0. The fourth-order valence-corrected chi connectivity index (χ4v) is 3.29. The molecule has 2 unspecified atom stereocenters. The third-order valence-corrected chi connectivity index (χ3v) is 4.85. The van der Waals surface area contributed by atoms with Crippen LogP contribution in [0.2, 0.25) is 0 Å². The average molecular weight is 337 g/mol. The standard InChI is InChI=1S/C19H23N5O/c1-3-8-24-11-13(10-20-24)12(2)21-19(25)15-9-14(15)18-22-16-6-4-5-7-17(16)23-18/h4-7,10-12,14-15H,3,8-9H2,1-2H3,(H,21,25)(H,22,23)/t12-,14?,15?/m1/s1. The number of aromatic nitrogens is 4. The van der Waals surface area contributed by atoms with Crippen LogP contribution in [0, 0.1) is 5.92 Å². The molecule has 6 heteroatoms. The molecule has 3 aromatic rings. The number of nitrogens with zero attached hydrogens (tertiary/aromatic N) is 3. The Balaban J connectivity index is 1.38. The first kappa shape index (κ1) is 15.9. The molecule has 4 rings (SSSR count). The molecule has 2 aromatic heterocycles. The maximum atomic E-state index is 12.5. The van der Waals surface area contributed by atoms with Gasteiger partial charge in [-0.1, -0.05) is 19.1 Å². The first-order valence-electron chi connectivity index (χ1n) is 8.93. The zero-order valence-electron chi connectivity index (χ0n) is 14.6. The molecule has 1 aliphatic carbocycles. The summed E-state index contributed by atoms with van der Waals surface area (Å²) in [6.07, 6.45) is 5.75. The van der Waals surface area contributed by atoms with Crippen LogP contribution in [0.1, 0.15) is 50.0 Å². The van der Waals surface area contributed by atoms with Crippen molar-refractivity contribution in [3.05, 3.63) is 48.0 Å². The van der Waals surface area contributed by atoms with Gasteiger partial charge in [0.2, 0.25) is 5.91 Å². The number of H-pyrrole nitrogens is 1. The second-order valence-corrected chi connectivity index (χ2v) is 6.85. The number of amides is 1. The maximum absolute atomic E-state index is 12.5. The van der Waals surface area contributed by atoms with Gasteiger partial charge in [0.05, 0.1) is 23.3 Å². The number of aromatic amines is 1. The fraction of sp³-hybridized carbons (Fsp3) is 0.421. The van der Waals surface area contributed by atoms with E-state index >= 15 is 0 Å². The maximum Gasteiger partial charge on any atom is 0.224 e. The molecule has 0 aliphatic heterocycles. The molecule has 0 spiro atoms. The zero-order chi connectivity index (χ0) is 17.4. The normalized spacial score (nSPS) is 20.6. The molecule has 2 heterocycles. The van der Waals surface area contributed by atoms with Crippen molar-refractivity contribution in [3.63, 3.8) is 0 Å². The highest BCUT2D eigenvalue weighted by Gasteiger charge is 2.46. The van der Waals surface area contributed by atoms with E-state index in [4.69, 9.17) is 0 Å². The Morgan fingerprint density at radius 3 is 3.08 bits per heavy atom. The fourth-order valence-electron chi connectivity index (χ4n) is 3.29. The second-order valence-electron chi connectivity index (χ2n) is 6.85. The molecule has 6 nitrogen and oxygen atoms in total. The topological polar surface area (TPSA) is 75.6 Å². The van der Waals surface area contributed by atoms with Crippen molar-refractivity contribution >= 4 is 16.9 Å². The molecule has 25 heavy (non-hydrogen) atoms. The van der Waals surface area contributed by atoms with E-state index in [0.29, 0.717) is 0 Å². The lowest BCUT2D eigenvalue weighted by atomic mass is 10.2. The lowest BCUT2D eigenvalue weighted by Gasteiger charge is -2.11. The Bertz CT molecular complexity index is 863. The summed E-state index contributed by atoms with van der Waals surface area (Å²) in [6.45, 7) is 5.03. The number of fused-ring (bicyclic) bond motifs is 1. The van der Waals surface area contributed by atoms with Crippen molar-refractivity contribution in [2.45, 2.75) is 45.2 Å². The molecule has 130 valence electrons. The SMILES string of the molecule is CCCn1cc([C@@H](C)NC(=O)C2CC2c2nc3ccccc3[nH]2)cn1. The molecule has 1 aliphatic rings. The zero-order valence-corrected chi connectivity index (χ0v) is 14.6. The first-order chi connectivity index (χ1) is 12.2. The molecule has 0 radical (unpaired) electrons. The van der Waals surface area contributed by atoms with Crippen LogP contribution >= 0.6 is 0 Å². The van der Waals surface area contributed by atoms with Gasteiger partial charge >= 0.3 is 0 Å². The summed E-state index contributed by atoms with van der Waals surface area (Å²) < 4.78 is 1.92. The summed E-state index contributed by atoms with van der Waals surface area (Å²) in [4.78, 5) is 20.5. The van der Waals surface area contributed by atoms with E-state index < -0.39 is 0 Å². The summed E-state index contributed by atoms with van der Waals surface area (Å²) in [6, 6.07) is 7.93. The van der Waals surface area contributed by atoms with Gasteiger partial charge in [-0.05, 0) is 31.9 Å². The highest BCUT2D eigenvalue weighted by Crippen LogP contribution is 2.47. The number of imidazole rings is 1. The summed E-state index contributed by atoms with van der Waals surface area (Å²) in [5, 5.41) is 7.45. The van der Waals surface area contributed by atoms with Crippen LogP contribution in [0.25, 0.3) is 11.0 Å². The number of rotatable bonds is 6. The Morgan fingerprint density at radius 2 is 2.28 bits per heavy atom. The molecule has 0 bridgehead atoms. The number of benzene rings is 1. The molecular weight excluding hydrogens is 314 g/mol. The number of carbonyl (C=O) groups is 1. The summed E-state index contributed by atoms with van der Waals surface area (Å²) in [5.74, 6) is 1.22. The quantitative estimate of drug-likeness (QED) is 0.725. The van der Waals surface area contributed by atoms with E-state index in [2.05, 4.69) is 27.3 Å². The van der Waals surface area contributed by atoms with Gasteiger partial charge < -0.3 is 10.3 Å². The molecule has 3 atom stereocenters. The molecule has 1 amide bonds. The smallest absolute Gasteiger partial charge is 0.224 e. The summed E-state index contributed by atoms with van der Waals surface area (Å²) in [7, 11) is 0. The van der Waals surface area contributed by atoms with Crippen molar-refractivity contribution in [2.24, 2.45) is 5.92 Å². The van der Waals surface area contributed by atoms with Gasteiger partial charge in [0.1, 0.15) is 5.82 Å². The molecule has 1 aromatic carbocycles. The minimum atomic E-state index is -0.0324. The van der Waals surface area contributed by atoms with Crippen LogP contribution in [0.4, 0.5) is 0 Å². The van der Waals surface area contributed by atoms with Gasteiger partial charge in [-0.25, -0.2) is 4.98 Å². The third kappa shape index (κ3) is 3.16. The minimum Gasteiger partial charge on any atom is -0.349 e. The van der Waals surface area contributed by atoms with Gasteiger partial charge in [0, 0.05) is 30.1 Å². The van der Waals surface area contributed by atoms with E-state index in [1.807, 2.05) is 48.3 Å². The highest BCUT2D eigenvalue weighted by molar-refractivity contribution is 5.83. The van der Waals surface area contributed by atoms with Crippen LogP contribution in [-0.4, -0.2) is 25.7 Å². The van der Waals surface area contributed by atoms with Crippen molar-refractivity contribution in [3.8, 4) is 0 Å². The van der Waals surface area contributed by atoms with E-state index in [1.54, 1.807) is 0 Å². The van der Waals surface area contributed by atoms with Crippen molar-refractivity contribution in [1.82, 2.24) is 25.1 Å². The number of hydrogen-bond donors (Lipinski definition) is 2. The van der Waals surface area contributed by atoms with Gasteiger partial charge in [-0.3, -0.25) is 9.48 Å².